The van der Waals surface area contributed by atoms with Gasteiger partial charge in [0.15, 0.2) is 11.6 Å². The number of hydrogen-bond acceptors (Lipinski definition) is 7. The van der Waals surface area contributed by atoms with Crippen LogP contribution >= 0.6 is 22.6 Å². The fourth-order valence-corrected chi connectivity index (χ4v) is 4.15. The van der Waals surface area contributed by atoms with Gasteiger partial charge in [-0.2, -0.15) is 0 Å². The predicted molar refractivity (Wildman–Crippen MR) is 87.2 cm³/mol. The van der Waals surface area contributed by atoms with Crippen LogP contribution in [0.4, 0.5) is 0 Å². The highest BCUT2D eigenvalue weighted by Gasteiger charge is 2.61. The van der Waals surface area contributed by atoms with Gasteiger partial charge in [0.2, 0.25) is 0 Å². The number of esters is 1. The fraction of sp³-hybridized carbons (Fsp3) is 0.933. The Morgan fingerprint density at radius 2 is 1.74 bits per heavy atom. The second kappa shape index (κ2) is 6.06. The van der Waals surface area contributed by atoms with Gasteiger partial charge in [-0.3, -0.25) is 4.79 Å². The highest BCUT2D eigenvalue weighted by molar-refractivity contribution is 14.1. The Labute approximate surface area is 149 Å². The molecule has 0 aromatic rings. The minimum atomic E-state index is -0.725. The molecule has 23 heavy (non-hydrogen) atoms. The molecular formula is C15H23IO7. The van der Waals surface area contributed by atoms with E-state index in [1.807, 2.05) is 50.3 Å². The molecule has 7 nitrogen and oxygen atoms in total. The summed E-state index contributed by atoms with van der Waals surface area (Å²) in [6.07, 6.45) is -1.72. The molecule has 3 aliphatic rings. The number of ether oxygens (including phenoxy) is 6. The van der Waals surface area contributed by atoms with E-state index in [9.17, 15) is 4.79 Å². The Kier molecular flexibility index (Phi) is 4.70. The number of halogens is 1. The summed E-state index contributed by atoms with van der Waals surface area (Å²) in [6.45, 7) is 7.86. The Morgan fingerprint density at radius 1 is 1.09 bits per heavy atom. The third kappa shape index (κ3) is 3.38. The Hall–Kier alpha value is -0.0000000000000000694. The monoisotopic (exact) mass is 442 g/mol. The van der Waals surface area contributed by atoms with Crippen LogP contribution in [0, 0.1) is 0 Å². The van der Waals surface area contributed by atoms with Crippen LogP contribution in [-0.4, -0.2) is 65.7 Å². The number of carbonyl (C=O) groups is 1. The maximum Gasteiger partial charge on any atom is 0.321 e. The maximum atomic E-state index is 11.9. The van der Waals surface area contributed by atoms with Crippen molar-refractivity contribution in [1.29, 1.82) is 0 Å². The van der Waals surface area contributed by atoms with Gasteiger partial charge in [0.1, 0.15) is 34.4 Å². The van der Waals surface area contributed by atoms with Crippen LogP contribution in [-0.2, 0) is 33.2 Å². The molecule has 3 saturated heterocycles. The number of alkyl halides is 1. The van der Waals surface area contributed by atoms with E-state index < -0.39 is 21.6 Å². The summed E-state index contributed by atoms with van der Waals surface area (Å²) in [5.41, 5.74) is 0. The first-order valence-corrected chi connectivity index (χ1v) is 8.93. The quantitative estimate of drug-likeness (QED) is 0.372. The van der Waals surface area contributed by atoms with Crippen molar-refractivity contribution in [2.24, 2.45) is 0 Å². The van der Waals surface area contributed by atoms with E-state index in [2.05, 4.69) is 0 Å². The van der Waals surface area contributed by atoms with Crippen molar-refractivity contribution < 1.29 is 33.2 Å². The van der Waals surface area contributed by atoms with Gasteiger partial charge in [-0.1, -0.05) is 22.6 Å². The third-order valence-corrected chi connectivity index (χ3v) is 5.45. The molecule has 0 N–H and O–H groups in total. The zero-order valence-electron chi connectivity index (χ0n) is 13.9. The van der Waals surface area contributed by atoms with Gasteiger partial charge in [-0.15, -0.1) is 0 Å². The van der Waals surface area contributed by atoms with Crippen LogP contribution in [0.25, 0.3) is 0 Å². The molecule has 0 radical (unpaired) electrons. The van der Waals surface area contributed by atoms with Crippen LogP contribution < -0.4 is 0 Å². The molecule has 0 aromatic heterocycles. The highest BCUT2D eigenvalue weighted by Crippen LogP contribution is 2.44. The van der Waals surface area contributed by atoms with Crippen molar-refractivity contribution in [2.75, 3.05) is 13.7 Å². The van der Waals surface area contributed by atoms with Crippen LogP contribution in [0.2, 0.25) is 0 Å². The van der Waals surface area contributed by atoms with Crippen LogP contribution in [0.1, 0.15) is 27.7 Å². The predicted octanol–water partition coefficient (Wildman–Crippen LogP) is 1.40. The molecule has 3 rings (SSSR count). The van der Waals surface area contributed by atoms with Crippen LogP contribution in [0.5, 0.6) is 0 Å². The number of hydrogen-bond donors (Lipinski definition) is 0. The zero-order valence-corrected chi connectivity index (χ0v) is 16.1. The minimum Gasteiger partial charge on any atom is -0.468 e. The van der Waals surface area contributed by atoms with E-state index in [0.29, 0.717) is 6.61 Å². The summed E-state index contributed by atoms with van der Waals surface area (Å²) in [6, 6.07) is 0. The summed E-state index contributed by atoms with van der Waals surface area (Å²) in [7, 11) is 1.37. The molecule has 3 heterocycles. The summed E-state index contributed by atoms with van der Waals surface area (Å²) >= 11 is 2.03. The molecule has 0 bridgehead atoms. The second-order valence-electron chi connectivity index (χ2n) is 6.92. The summed E-state index contributed by atoms with van der Waals surface area (Å²) in [5, 5.41) is 0. The average molecular weight is 442 g/mol. The lowest BCUT2D eigenvalue weighted by Gasteiger charge is -2.27. The topological polar surface area (TPSA) is 72.5 Å². The normalized spacial score (nSPS) is 42.4. The summed E-state index contributed by atoms with van der Waals surface area (Å²) in [5.74, 6) is -1.72. The number of carbonyl (C=O) groups excluding carboxylic acids is 1. The molecule has 3 fully saturated rings. The van der Waals surface area contributed by atoms with Gasteiger partial charge in [-0.25, -0.2) is 0 Å². The van der Waals surface area contributed by atoms with Gasteiger partial charge in [0.25, 0.3) is 0 Å². The molecule has 3 aliphatic heterocycles. The number of fused-ring (bicyclic) bond motifs is 1. The summed E-state index contributed by atoms with van der Waals surface area (Å²) in [4.78, 5) is 11.9. The number of methoxy groups -OCH3 is 1. The van der Waals surface area contributed by atoms with Gasteiger partial charge in [-0.05, 0) is 27.7 Å². The van der Waals surface area contributed by atoms with Gasteiger partial charge in [0.05, 0.1) is 13.7 Å². The molecule has 132 valence electrons. The van der Waals surface area contributed by atoms with E-state index in [4.69, 9.17) is 28.4 Å². The summed E-state index contributed by atoms with van der Waals surface area (Å²) < 4.78 is 34.0. The second-order valence-corrected chi connectivity index (χ2v) is 8.26. The largest absolute Gasteiger partial charge is 0.468 e. The zero-order chi connectivity index (χ0) is 17.0. The van der Waals surface area contributed by atoms with Crippen molar-refractivity contribution >= 4 is 28.6 Å². The van der Waals surface area contributed by atoms with Crippen molar-refractivity contribution in [3.63, 3.8) is 0 Å². The van der Waals surface area contributed by atoms with E-state index >= 15 is 0 Å². The van der Waals surface area contributed by atoms with Crippen molar-refractivity contribution in [2.45, 2.75) is 73.7 Å². The van der Waals surface area contributed by atoms with Crippen molar-refractivity contribution in [3.05, 3.63) is 0 Å². The Balaban J connectivity index is 1.81. The molecule has 0 saturated carbocycles. The minimum absolute atomic E-state index is 0.263. The molecule has 0 aromatic carbocycles. The molecular weight excluding hydrogens is 419 g/mol. The third-order valence-electron chi connectivity index (χ3n) is 4.24. The van der Waals surface area contributed by atoms with Gasteiger partial charge < -0.3 is 28.4 Å². The number of rotatable bonds is 3. The highest BCUT2D eigenvalue weighted by atomic mass is 127. The van der Waals surface area contributed by atoms with E-state index in [1.165, 1.54) is 7.11 Å². The Bertz CT molecular complexity index is 480. The molecule has 0 amide bonds. The first-order chi connectivity index (χ1) is 10.6. The first-order valence-electron chi connectivity index (χ1n) is 7.68. The molecule has 8 heteroatoms. The molecule has 0 unspecified atom stereocenters. The lowest BCUT2D eigenvalue weighted by molar-refractivity contribution is -0.207. The Morgan fingerprint density at radius 3 is 2.30 bits per heavy atom. The van der Waals surface area contributed by atoms with Gasteiger partial charge >= 0.3 is 5.97 Å². The van der Waals surface area contributed by atoms with E-state index in [1.54, 1.807) is 0 Å². The van der Waals surface area contributed by atoms with Crippen molar-refractivity contribution in [3.8, 4) is 0 Å². The molecule has 0 spiro atoms. The average Bonchev–Trinajstić information content (AvgIpc) is 3.07. The first kappa shape index (κ1) is 17.8. The lowest BCUT2D eigenvalue weighted by atomic mass is 10.0. The van der Waals surface area contributed by atoms with Crippen LogP contribution in [0.15, 0.2) is 0 Å². The van der Waals surface area contributed by atoms with Crippen molar-refractivity contribution in [1.82, 2.24) is 0 Å². The molecule has 6 atom stereocenters. The molecule has 0 aliphatic carbocycles. The standard InChI is InChI=1S/C15H23IO7/c1-14(2)19-6-7(21-14)9-11-12(23-15(3,4)22-11)10(20-9)8(16)13(17)18-5/h7-12H,6H2,1-5H3/t7-,8-,9-,10+,11+,12-/m1/s1. The smallest absolute Gasteiger partial charge is 0.321 e. The van der Waals surface area contributed by atoms with Gasteiger partial charge in [0, 0.05) is 0 Å². The maximum absolute atomic E-state index is 11.9. The SMILES string of the molecule is COC(=O)[C@H](I)[C@@H]1O[C@H]([C@H]2COC(C)(C)O2)[C@@H]2OC(C)(C)O[C@@H]21. The van der Waals surface area contributed by atoms with E-state index in [-0.39, 0.29) is 30.4 Å². The lowest BCUT2D eigenvalue weighted by Crippen LogP contribution is -2.40. The fourth-order valence-electron chi connectivity index (χ4n) is 3.32. The van der Waals surface area contributed by atoms with Crippen LogP contribution in [0.3, 0.4) is 0 Å². The van der Waals surface area contributed by atoms with E-state index in [0.717, 1.165) is 0 Å².